The number of ether oxygens (including phenoxy) is 1. The lowest BCUT2D eigenvalue weighted by Gasteiger charge is -2.15. The van der Waals surface area contributed by atoms with Gasteiger partial charge in [-0.25, -0.2) is 4.98 Å². The standard InChI is InChI=1S/C18H18N4O3/c1-10(17(20)23)8-22-9-12-11(6-7-13(19)16(12)18(22)24)14-4-3-5-15(21-14)25-2/h3-7H,1,8-9,19H2,2H3,(H2,20,23). The third-order valence-corrected chi connectivity index (χ3v) is 4.13. The highest BCUT2D eigenvalue weighted by atomic mass is 16.5. The SMILES string of the molecule is C=C(CN1Cc2c(-c3cccc(OC)n3)ccc(N)c2C1=O)C(N)=O. The summed E-state index contributed by atoms with van der Waals surface area (Å²) in [7, 11) is 1.54. The summed E-state index contributed by atoms with van der Waals surface area (Å²) >= 11 is 0. The zero-order valence-electron chi connectivity index (χ0n) is 13.8. The van der Waals surface area contributed by atoms with Crippen LogP contribution in [0.3, 0.4) is 0 Å². The topological polar surface area (TPSA) is 112 Å². The van der Waals surface area contributed by atoms with E-state index < -0.39 is 5.91 Å². The van der Waals surface area contributed by atoms with Crippen LogP contribution in [-0.2, 0) is 11.3 Å². The van der Waals surface area contributed by atoms with Gasteiger partial charge in [-0.1, -0.05) is 18.7 Å². The van der Waals surface area contributed by atoms with Gasteiger partial charge < -0.3 is 21.1 Å². The molecule has 1 aliphatic rings. The van der Waals surface area contributed by atoms with Crippen LogP contribution in [0.4, 0.5) is 5.69 Å². The molecule has 2 heterocycles. The van der Waals surface area contributed by atoms with Crippen LogP contribution in [0.15, 0.2) is 42.5 Å². The maximum absolute atomic E-state index is 12.7. The lowest BCUT2D eigenvalue weighted by Crippen LogP contribution is -2.30. The zero-order chi connectivity index (χ0) is 18.1. The minimum atomic E-state index is -0.633. The number of rotatable bonds is 5. The van der Waals surface area contributed by atoms with Gasteiger partial charge in [-0.15, -0.1) is 0 Å². The molecule has 2 amide bonds. The summed E-state index contributed by atoms with van der Waals surface area (Å²) in [5, 5.41) is 0. The number of pyridine rings is 1. The Morgan fingerprint density at radius 2 is 2.12 bits per heavy atom. The molecule has 0 radical (unpaired) electrons. The van der Waals surface area contributed by atoms with E-state index in [0.29, 0.717) is 29.4 Å². The van der Waals surface area contributed by atoms with Gasteiger partial charge in [0, 0.05) is 29.4 Å². The minimum Gasteiger partial charge on any atom is -0.481 e. The van der Waals surface area contributed by atoms with Crippen molar-refractivity contribution in [3.8, 4) is 17.1 Å². The van der Waals surface area contributed by atoms with Crippen molar-refractivity contribution >= 4 is 17.5 Å². The number of hydrogen-bond donors (Lipinski definition) is 2. The first kappa shape index (κ1) is 16.5. The van der Waals surface area contributed by atoms with Crippen molar-refractivity contribution in [2.45, 2.75) is 6.54 Å². The van der Waals surface area contributed by atoms with Gasteiger partial charge in [0.05, 0.1) is 24.9 Å². The number of amides is 2. The number of primary amides is 1. The Morgan fingerprint density at radius 1 is 1.36 bits per heavy atom. The average Bonchev–Trinajstić information content (AvgIpc) is 2.92. The predicted octanol–water partition coefficient (Wildman–Crippen LogP) is 1.34. The van der Waals surface area contributed by atoms with Crippen LogP contribution in [0.2, 0.25) is 0 Å². The Labute approximate surface area is 144 Å². The first-order valence-electron chi connectivity index (χ1n) is 7.62. The summed E-state index contributed by atoms with van der Waals surface area (Å²) in [5.74, 6) is -0.405. The predicted molar refractivity (Wildman–Crippen MR) is 93.7 cm³/mol. The van der Waals surface area contributed by atoms with E-state index in [1.165, 1.54) is 4.90 Å². The van der Waals surface area contributed by atoms with Gasteiger partial charge in [-0.3, -0.25) is 9.59 Å². The summed E-state index contributed by atoms with van der Waals surface area (Å²) in [5.41, 5.74) is 14.5. The Kier molecular flexibility index (Phi) is 4.14. The van der Waals surface area contributed by atoms with Crippen LogP contribution >= 0.6 is 0 Å². The number of carbonyl (C=O) groups is 2. The Balaban J connectivity index is 2.03. The van der Waals surface area contributed by atoms with E-state index in [0.717, 1.165) is 11.1 Å². The number of carbonyl (C=O) groups excluding carboxylic acids is 2. The number of aromatic nitrogens is 1. The second-order valence-corrected chi connectivity index (χ2v) is 5.75. The molecule has 0 spiro atoms. The van der Waals surface area contributed by atoms with Crippen molar-refractivity contribution in [3.05, 3.63) is 53.6 Å². The quantitative estimate of drug-likeness (QED) is 0.631. The zero-order valence-corrected chi connectivity index (χ0v) is 13.8. The monoisotopic (exact) mass is 338 g/mol. The van der Waals surface area contributed by atoms with Crippen LogP contribution in [0.5, 0.6) is 5.88 Å². The van der Waals surface area contributed by atoms with E-state index in [2.05, 4.69) is 11.6 Å². The lowest BCUT2D eigenvalue weighted by molar-refractivity contribution is -0.114. The summed E-state index contributed by atoms with van der Waals surface area (Å²) in [6.45, 7) is 3.98. The molecule has 4 N–H and O–H groups in total. The van der Waals surface area contributed by atoms with E-state index >= 15 is 0 Å². The van der Waals surface area contributed by atoms with Gasteiger partial charge in [-0.2, -0.15) is 0 Å². The van der Waals surface area contributed by atoms with Crippen LogP contribution in [0.25, 0.3) is 11.3 Å². The highest BCUT2D eigenvalue weighted by Gasteiger charge is 2.32. The number of methoxy groups -OCH3 is 1. The minimum absolute atomic E-state index is 0.0628. The molecule has 3 rings (SSSR count). The van der Waals surface area contributed by atoms with Crippen molar-refractivity contribution in [1.82, 2.24) is 9.88 Å². The molecule has 1 aromatic carbocycles. The van der Waals surface area contributed by atoms with Crippen LogP contribution in [0, 0.1) is 0 Å². The fraction of sp³-hybridized carbons (Fsp3) is 0.167. The number of benzene rings is 1. The third kappa shape index (κ3) is 2.91. The van der Waals surface area contributed by atoms with Crippen molar-refractivity contribution < 1.29 is 14.3 Å². The fourth-order valence-corrected chi connectivity index (χ4v) is 2.86. The molecule has 1 aliphatic heterocycles. The highest BCUT2D eigenvalue weighted by Crippen LogP contribution is 2.36. The van der Waals surface area contributed by atoms with E-state index in [1.54, 1.807) is 19.2 Å². The molecular weight excluding hydrogens is 320 g/mol. The maximum Gasteiger partial charge on any atom is 0.256 e. The number of anilines is 1. The molecule has 25 heavy (non-hydrogen) atoms. The fourth-order valence-electron chi connectivity index (χ4n) is 2.86. The van der Waals surface area contributed by atoms with E-state index in [9.17, 15) is 9.59 Å². The van der Waals surface area contributed by atoms with E-state index in [1.807, 2.05) is 18.2 Å². The molecule has 0 saturated carbocycles. The van der Waals surface area contributed by atoms with Crippen molar-refractivity contribution in [3.63, 3.8) is 0 Å². The second-order valence-electron chi connectivity index (χ2n) is 5.75. The normalized spacial score (nSPS) is 12.8. The second kappa shape index (κ2) is 6.27. The Hall–Kier alpha value is -3.35. The molecule has 0 fully saturated rings. The number of fused-ring (bicyclic) bond motifs is 1. The molecule has 128 valence electrons. The molecule has 7 nitrogen and oxygen atoms in total. The lowest BCUT2D eigenvalue weighted by atomic mass is 9.99. The first-order chi connectivity index (χ1) is 11.9. The van der Waals surface area contributed by atoms with Gasteiger partial charge in [0.1, 0.15) is 0 Å². The first-order valence-corrected chi connectivity index (χ1v) is 7.62. The molecule has 0 aliphatic carbocycles. The van der Waals surface area contributed by atoms with Gasteiger partial charge in [0.15, 0.2) is 0 Å². The van der Waals surface area contributed by atoms with Crippen LogP contribution in [-0.4, -0.2) is 35.4 Å². The van der Waals surface area contributed by atoms with Crippen molar-refractivity contribution in [1.29, 1.82) is 0 Å². The molecule has 1 aromatic heterocycles. The number of nitrogens with zero attached hydrogens (tertiary/aromatic N) is 2. The molecule has 7 heteroatoms. The van der Waals surface area contributed by atoms with Crippen molar-refractivity contribution in [2.75, 3.05) is 19.4 Å². The van der Waals surface area contributed by atoms with E-state index in [4.69, 9.17) is 16.2 Å². The molecule has 0 saturated heterocycles. The summed E-state index contributed by atoms with van der Waals surface area (Å²) in [4.78, 5) is 29.8. The largest absolute Gasteiger partial charge is 0.481 e. The molecule has 0 bridgehead atoms. The summed E-state index contributed by atoms with van der Waals surface area (Å²) in [6, 6.07) is 8.92. The Morgan fingerprint density at radius 3 is 2.80 bits per heavy atom. The van der Waals surface area contributed by atoms with Gasteiger partial charge in [-0.05, 0) is 17.7 Å². The van der Waals surface area contributed by atoms with Gasteiger partial charge in [0.25, 0.3) is 5.91 Å². The van der Waals surface area contributed by atoms with Crippen LogP contribution < -0.4 is 16.2 Å². The molecule has 0 atom stereocenters. The highest BCUT2D eigenvalue weighted by molar-refractivity contribution is 6.05. The summed E-state index contributed by atoms with van der Waals surface area (Å²) in [6.07, 6.45) is 0. The average molecular weight is 338 g/mol. The van der Waals surface area contributed by atoms with Gasteiger partial charge >= 0.3 is 0 Å². The summed E-state index contributed by atoms with van der Waals surface area (Å²) < 4.78 is 5.16. The number of nitrogens with two attached hydrogens (primary N) is 2. The van der Waals surface area contributed by atoms with Gasteiger partial charge in [0.2, 0.25) is 11.8 Å². The third-order valence-electron chi connectivity index (χ3n) is 4.13. The molecule has 2 aromatic rings. The molecule has 0 unspecified atom stereocenters. The van der Waals surface area contributed by atoms with Crippen molar-refractivity contribution in [2.24, 2.45) is 5.73 Å². The number of nitrogen functional groups attached to an aromatic ring is 1. The van der Waals surface area contributed by atoms with E-state index in [-0.39, 0.29) is 18.0 Å². The smallest absolute Gasteiger partial charge is 0.256 e. The number of hydrogen-bond acceptors (Lipinski definition) is 5. The Bertz CT molecular complexity index is 892. The molecular formula is C18H18N4O3. The van der Waals surface area contributed by atoms with Crippen LogP contribution in [0.1, 0.15) is 15.9 Å². The maximum atomic E-state index is 12.7.